The van der Waals surface area contributed by atoms with E-state index in [9.17, 15) is 14.4 Å². The van der Waals surface area contributed by atoms with Crippen molar-refractivity contribution >= 4 is 17.8 Å². The highest BCUT2D eigenvalue weighted by Gasteiger charge is 2.26. The first-order valence-electron chi connectivity index (χ1n) is 6.03. The van der Waals surface area contributed by atoms with Gasteiger partial charge in [0.05, 0.1) is 6.20 Å². The van der Waals surface area contributed by atoms with E-state index in [0.717, 1.165) is 10.9 Å². The molecule has 3 N–H and O–H groups in total. The number of hydrogen-bond acceptors (Lipinski definition) is 4. The van der Waals surface area contributed by atoms with Gasteiger partial charge in [-0.15, -0.1) is 0 Å². The van der Waals surface area contributed by atoms with Crippen LogP contribution < -0.4 is 5.32 Å². The van der Waals surface area contributed by atoms with Crippen molar-refractivity contribution in [2.75, 3.05) is 0 Å². The molecule has 0 saturated heterocycles. The fourth-order valence-corrected chi connectivity index (χ4v) is 1.78. The van der Waals surface area contributed by atoms with Crippen molar-refractivity contribution in [3.05, 3.63) is 17.5 Å². The van der Waals surface area contributed by atoms with Gasteiger partial charge in [0.25, 0.3) is 5.91 Å². The van der Waals surface area contributed by atoms with Crippen molar-refractivity contribution in [3.8, 4) is 0 Å². The van der Waals surface area contributed by atoms with E-state index in [0.29, 0.717) is 0 Å². The molecule has 1 atom stereocenters. The van der Waals surface area contributed by atoms with E-state index in [1.54, 1.807) is 0 Å². The molecule has 0 fully saturated rings. The number of nitrogens with zero attached hydrogens (tertiary/aromatic N) is 2. The van der Waals surface area contributed by atoms with E-state index in [2.05, 4.69) is 10.4 Å². The van der Waals surface area contributed by atoms with Gasteiger partial charge in [0.1, 0.15) is 17.3 Å². The molecule has 110 valence electrons. The number of aromatic nitrogens is 2. The molecule has 0 aliphatic rings. The summed E-state index contributed by atoms with van der Waals surface area (Å²) < 4.78 is 1.10. The van der Waals surface area contributed by atoms with Crippen LogP contribution in [0.2, 0.25) is 0 Å². The van der Waals surface area contributed by atoms with Crippen LogP contribution in [0.15, 0.2) is 6.20 Å². The predicted octanol–water partition coefficient (Wildman–Crippen LogP) is 0.347. The molecule has 1 amide bonds. The Hall–Kier alpha value is -2.38. The first kappa shape index (κ1) is 15.7. The lowest BCUT2D eigenvalue weighted by Gasteiger charge is -2.16. The number of nitrogens with one attached hydrogen (secondary N) is 1. The number of rotatable bonds is 6. The molecule has 0 radical (unpaired) electrons. The zero-order chi connectivity index (χ0) is 15.4. The van der Waals surface area contributed by atoms with Crippen LogP contribution in [-0.4, -0.2) is 43.9 Å². The van der Waals surface area contributed by atoms with Gasteiger partial charge in [-0.05, 0) is 12.3 Å². The highest BCUT2D eigenvalue weighted by Crippen LogP contribution is 2.10. The van der Waals surface area contributed by atoms with Crippen LogP contribution in [0, 0.1) is 5.92 Å². The lowest BCUT2D eigenvalue weighted by molar-refractivity contribution is -0.139. The van der Waals surface area contributed by atoms with Gasteiger partial charge in [-0.2, -0.15) is 5.10 Å². The number of carboxylic acid groups (broad SMARTS) is 2. The smallest absolute Gasteiger partial charge is 0.339 e. The van der Waals surface area contributed by atoms with Crippen LogP contribution in [0.3, 0.4) is 0 Å². The van der Waals surface area contributed by atoms with Gasteiger partial charge in [-0.25, -0.2) is 9.59 Å². The summed E-state index contributed by atoms with van der Waals surface area (Å²) in [6, 6.07) is -1.07. The molecule has 0 saturated carbocycles. The van der Waals surface area contributed by atoms with Gasteiger partial charge < -0.3 is 15.5 Å². The first-order valence-corrected chi connectivity index (χ1v) is 6.03. The Balaban J connectivity index is 2.97. The van der Waals surface area contributed by atoms with Gasteiger partial charge in [-0.1, -0.05) is 13.8 Å². The Morgan fingerprint density at radius 3 is 2.40 bits per heavy atom. The van der Waals surface area contributed by atoms with Crippen LogP contribution in [0.4, 0.5) is 0 Å². The van der Waals surface area contributed by atoms with Crippen molar-refractivity contribution in [1.29, 1.82) is 0 Å². The monoisotopic (exact) mass is 283 g/mol. The summed E-state index contributed by atoms with van der Waals surface area (Å²) in [7, 11) is 1.42. The van der Waals surface area contributed by atoms with Gasteiger partial charge >= 0.3 is 11.9 Å². The molecule has 0 aliphatic heterocycles. The minimum absolute atomic E-state index is 0.0712. The number of amides is 1. The zero-order valence-electron chi connectivity index (χ0n) is 11.5. The summed E-state index contributed by atoms with van der Waals surface area (Å²) in [5.41, 5.74) is -0.439. The van der Waals surface area contributed by atoms with E-state index < -0.39 is 23.9 Å². The zero-order valence-corrected chi connectivity index (χ0v) is 11.5. The first-order chi connectivity index (χ1) is 9.23. The van der Waals surface area contributed by atoms with Crippen molar-refractivity contribution in [3.63, 3.8) is 0 Å². The molecule has 1 heterocycles. The molecule has 20 heavy (non-hydrogen) atoms. The maximum atomic E-state index is 12.0. The average Bonchev–Trinajstić information content (AvgIpc) is 2.69. The average molecular weight is 283 g/mol. The molecule has 1 rings (SSSR count). The Morgan fingerprint density at radius 1 is 1.35 bits per heavy atom. The minimum Gasteiger partial charge on any atom is -0.480 e. The molecular weight excluding hydrogens is 266 g/mol. The minimum atomic E-state index is -1.29. The van der Waals surface area contributed by atoms with E-state index in [4.69, 9.17) is 10.2 Å². The molecule has 0 aromatic carbocycles. The normalized spacial score (nSPS) is 12.2. The number of aryl methyl sites for hydroxylation is 1. The second-order valence-electron chi connectivity index (χ2n) is 4.83. The molecule has 8 heteroatoms. The summed E-state index contributed by atoms with van der Waals surface area (Å²) in [4.78, 5) is 34.1. The Bertz CT molecular complexity index is 535. The van der Waals surface area contributed by atoms with Crippen LogP contribution in [0.5, 0.6) is 0 Å². The number of hydrogen-bond donors (Lipinski definition) is 3. The van der Waals surface area contributed by atoms with E-state index in [1.807, 2.05) is 13.8 Å². The highest BCUT2D eigenvalue weighted by atomic mass is 16.4. The lowest BCUT2D eigenvalue weighted by atomic mass is 10.0. The molecule has 0 spiro atoms. The standard InChI is InChI=1S/C12H17N3O5/c1-6(2)4-8(12(19)20)14-10(16)9-7(11(17)18)5-13-15(9)3/h5-6,8H,4H2,1-3H3,(H,14,16)(H,17,18)(H,19,20)/t8-/m1/s1. The fourth-order valence-electron chi connectivity index (χ4n) is 1.78. The maximum Gasteiger partial charge on any atom is 0.339 e. The Kier molecular flexibility index (Phi) is 4.84. The molecule has 1 aromatic heterocycles. The second kappa shape index (κ2) is 6.18. The largest absolute Gasteiger partial charge is 0.480 e. The predicted molar refractivity (Wildman–Crippen MR) is 68.5 cm³/mol. The summed E-state index contributed by atoms with van der Waals surface area (Å²) in [5.74, 6) is -3.15. The van der Waals surface area contributed by atoms with Crippen LogP contribution in [-0.2, 0) is 11.8 Å². The summed E-state index contributed by atoms with van der Waals surface area (Å²) >= 11 is 0. The molecule has 0 unspecified atom stereocenters. The Morgan fingerprint density at radius 2 is 1.95 bits per heavy atom. The van der Waals surface area contributed by atoms with Gasteiger partial charge in [0.15, 0.2) is 0 Å². The lowest BCUT2D eigenvalue weighted by Crippen LogP contribution is -2.42. The van der Waals surface area contributed by atoms with Gasteiger partial charge in [0, 0.05) is 7.05 Å². The highest BCUT2D eigenvalue weighted by molar-refractivity contribution is 6.04. The third-order valence-electron chi connectivity index (χ3n) is 2.69. The SMILES string of the molecule is CC(C)C[C@@H](NC(=O)c1c(C(=O)O)cnn1C)C(=O)O. The number of carbonyl (C=O) groups excluding carboxylic acids is 1. The molecular formula is C12H17N3O5. The fraction of sp³-hybridized carbons (Fsp3) is 0.500. The van der Waals surface area contributed by atoms with E-state index >= 15 is 0 Å². The molecule has 0 aliphatic carbocycles. The number of carboxylic acids is 2. The topological polar surface area (TPSA) is 122 Å². The van der Waals surface area contributed by atoms with Crippen LogP contribution >= 0.6 is 0 Å². The Labute approximate surface area is 115 Å². The van der Waals surface area contributed by atoms with Crippen LogP contribution in [0.25, 0.3) is 0 Å². The summed E-state index contributed by atoms with van der Waals surface area (Å²) in [6.07, 6.45) is 1.30. The number of aromatic carboxylic acids is 1. The maximum absolute atomic E-state index is 12.0. The van der Waals surface area contributed by atoms with Crippen molar-refractivity contribution in [2.24, 2.45) is 13.0 Å². The summed E-state index contributed by atoms with van der Waals surface area (Å²) in [6.45, 7) is 3.66. The quantitative estimate of drug-likeness (QED) is 0.692. The van der Waals surface area contributed by atoms with E-state index in [1.165, 1.54) is 7.05 Å². The third kappa shape index (κ3) is 3.56. The van der Waals surface area contributed by atoms with Crippen molar-refractivity contribution in [2.45, 2.75) is 26.3 Å². The van der Waals surface area contributed by atoms with Crippen molar-refractivity contribution in [1.82, 2.24) is 15.1 Å². The van der Waals surface area contributed by atoms with Gasteiger partial charge in [0.2, 0.25) is 0 Å². The summed E-state index contributed by atoms with van der Waals surface area (Å²) in [5, 5.41) is 24.1. The molecule has 8 nitrogen and oxygen atoms in total. The third-order valence-corrected chi connectivity index (χ3v) is 2.69. The van der Waals surface area contributed by atoms with E-state index in [-0.39, 0.29) is 23.6 Å². The van der Waals surface area contributed by atoms with Crippen molar-refractivity contribution < 1.29 is 24.6 Å². The number of aliphatic carboxylic acids is 1. The van der Waals surface area contributed by atoms with Gasteiger partial charge in [-0.3, -0.25) is 9.48 Å². The second-order valence-corrected chi connectivity index (χ2v) is 4.83. The van der Waals surface area contributed by atoms with Crippen LogP contribution in [0.1, 0.15) is 41.1 Å². The molecule has 1 aromatic rings. The number of carbonyl (C=O) groups is 3. The molecule has 0 bridgehead atoms.